The third-order valence-electron chi connectivity index (χ3n) is 7.25. The number of aromatic nitrogens is 4. The Morgan fingerprint density at radius 1 is 0.614 bits per heavy atom. The van der Waals surface area contributed by atoms with Crippen LogP contribution in [0.25, 0.3) is 0 Å². The Hall–Kier alpha value is -5.98. The number of rotatable bonds is 18. The van der Waals surface area contributed by atoms with Crippen molar-refractivity contribution in [3.63, 3.8) is 0 Å². The van der Waals surface area contributed by atoms with Crippen molar-refractivity contribution in [2.45, 2.75) is 82.8 Å². The van der Waals surface area contributed by atoms with Crippen molar-refractivity contribution >= 4 is 11.9 Å². The quantitative estimate of drug-likeness (QED) is 0.0412. The second kappa shape index (κ2) is 29.3. The Morgan fingerprint density at radius 3 is 1.61 bits per heavy atom. The van der Waals surface area contributed by atoms with Gasteiger partial charge in [0.25, 0.3) is 0 Å². The van der Waals surface area contributed by atoms with Gasteiger partial charge in [0, 0.05) is 6.07 Å². The Morgan fingerprint density at radius 2 is 1.16 bits per heavy atom. The number of oxime groups is 2. The highest BCUT2D eigenvalue weighted by Crippen LogP contribution is 2.30. The van der Waals surface area contributed by atoms with Crippen LogP contribution in [0.15, 0.2) is 83.1 Å². The van der Waals surface area contributed by atoms with Crippen molar-refractivity contribution in [3.8, 4) is 28.9 Å². The number of hydrogen-bond acceptors (Lipinski definition) is 13. The molecule has 13 heteroatoms. The Labute approximate surface area is 339 Å². The molecule has 0 N–H and O–H groups in total. The molecule has 2 aromatic heterocycles. The molecule has 2 aromatic carbocycles. The van der Waals surface area contributed by atoms with Crippen LogP contribution in [0, 0.1) is 27.7 Å². The van der Waals surface area contributed by atoms with Gasteiger partial charge in [-0.2, -0.15) is 5.10 Å². The van der Waals surface area contributed by atoms with Gasteiger partial charge in [-0.3, -0.25) is 0 Å². The highest BCUT2D eigenvalue weighted by molar-refractivity contribution is 5.96. The summed E-state index contributed by atoms with van der Waals surface area (Å²) >= 11 is 0. The first-order valence-corrected chi connectivity index (χ1v) is 19.1. The van der Waals surface area contributed by atoms with Gasteiger partial charge in [0.2, 0.25) is 5.88 Å². The number of benzene rings is 2. The molecule has 4 aromatic rings. The molecule has 0 fully saturated rings. The lowest BCUT2D eigenvalue weighted by Gasteiger charge is -2.14. The standard InChI is InChI=1S/C20H25N3O4.C20H25N3O3.2C2H6/c1-5-6-9-25-18-12-15(2)20(16(3)13-18)27-11-10-26-19-8-7-17(22-23-19)14-21-24-4;1-6-7-10-25-18-11-14(2)20(15(3)12-18)26-13-17-8-9-19(22-21-17)16(4)23-24-5;2*1-2/h5-8,12-14H,9-11H2,1-4H3;6-9,11-12H,10,13H2,1-5H3;2*1-2H3/b6-5+,21-14?;7-6+,23-16?;;. The highest BCUT2D eigenvalue weighted by atomic mass is 16.6. The van der Waals surface area contributed by atoms with Crippen LogP contribution in [0.3, 0.4) is 0 Å². The number of allylic oxidation sites excluding steroid dienone is 2. The average Bonchev–Trinajstić information content (AvgIpc) is 3.22. The fourth-order valence-electron chi connectivity index (χ4n) is 4.76. The van der Waals surface area contributed by atoms with Crippen molar-refractivity contribution in [1.29, 1.82) is 0 Å². The van der Waals surface area contributed by atoms with E-state index in [2.05, 4.69) is 35.5 Å². The lowest BCUT2D eigenvalue weighted by molar-refractivity contribution is 0.208. The molecule has 0 unspecified atom stereocenters. The second-order valence-electron chi connectivity index (χ2n) is 11.5. The molecule has 2 heterocycles. The number of nitrogens with zero attached hydrogens (tertiary/aromatic N) is 6. The van der Waals surface area contributed by atoms with Crippen LogP contribution in [0.1, 0.15) is 87.8 Å². The smallest absolute Gasteiger partial charge is 0.233 e. The molecule has 0 spiro atoms. The first-order valence-electron chi connectivity index (χ1n) is 19.1. The Kier molecular flexibility index (Phi) is 25.2. The van der Waals surface area contributed by atoms with Gasteiger partial charge in [-0.1, -0.05) is 62.3 Å². The van der Waals surface area contributed by atoms with E-state index in [1.165, 1.54) is 20.4 Å². The predicted octanol–water partition coefficient (Wildman–Crippen LogP) is 9.54. The van der Waals surface area contributed by atoms with E-state index >= 15 is 0 Å². The number of ether oxygens (including phenoxy) is 5. The van der Waals surface area contributed by atoms with E-state index in [0.717, 1.165) is 50.9 Å². The van der Waals surface area contributed by atoms with Crippen molar-refractivity contribution in [1.82, 2.24) is 20.4 Å². The van der Waals surface area contributed by atoms with E-state index in [1.54, 1.807) is 12.1 Å². The molecule has 0 atom stereocenters. The first kappa shape index (κ1) is 49.0. The first-order chi connectivity index (χ1) is 27.7. The van der Waals surface area contributed by atoms with E-state index in [4.69, 9.17) is 28.5 Å². The molecular weight excluding hydrogens is 725 g/mol. The summed E-state index contributed by atoms with van der Waals surface area (Å²) in [6.07, 6.45) is 9.33. The van der Waals surface area contributed by atoms with Crippen LogP contribution >= 0.6 is 0 Å². The normalized spacial score (nSPS) is 10.8. The van der Waals surface area contributed by atoms with Gasteiger partial charge >= 0.3 is 0 Å². The summed E-state index contributed by atoms with van der Waals surface area (Å²) in [5, 5.41) is 23.7. The Bertz CT molecular complexity index is 1780. The predicted molar refractivity (Wildman–Crippen MR) is 228 cm³/mol. The van der Waals surface area contributed by atoms with E-state index in [9.17, 15) is 0 Å². The Balaban J connectivity index is 0.000000525. The summed E-state index contributed by atoms with van der Waals surface area (Å²) in [6.45, 7) is 24.0. The molecule has 57 heavy (non-hydrogen) atoms. The van der Waals surface area contributed by atoms with Crippen LogP contribution in [0.2, 0.25) is 0 Å². The fourth-order valence-corrected chi connectivity index (χ4v) is 4.76. The largest absolute Gasteiger partial charge is 0.490 e. The summed E-state index contributed by atoms with van der Waals surface area (Å²) < 4.78 is 28.7. The van der Waals surface area contributed by atoms with Crippen LogP contribution in [0.4, 0.5) is 0 Å². The lowest BCUT2D eigenvalue weighted by Crippen LogP contribution is -2.11. The molecule has 0 bridgehead atoms. The zero-order valence-electron chi connectivity index (χ0n) is 36.1. The van der Waals surface area contributed by atoms with Gasteiger partial charge < -0.3 is 33.4 Å². The minimum atomic E-state index is 0.341. The highest BCUT2D eigenvalue weighted by Gasteiger charge is 2.10. The van der Waals surface area contributed by atoms with Crippen LogP contribution in [0.5, 0.6) is 28.9 Å². The molecule has 310 valence electrons. The molecule has 0 aliphatic rings. The summed E-state index contributed by atoms with van der Waals surface area (Å²) in [5.41, 5.74) is 6.76. The van der Waals surface area contributed by atoms with Crippen LogP contribution in [-0.4, -0.2) is 73.0 Å². The molecule has 0 saturated carbocycles. The maximum absolute atomic E-state index is 5.96. The minimum absolute atomic E-state index is 0.341. The fraction of sp³-hybridized carbons (Fsp3) is 0.409. The van der Waals surface area contributed by atoms with Gasteiger partial charge in [-0.05, 0) is 113 Å². The summed E-state index contributed by atoms with van der Waals surface area (Å²) in [4.78, 5) is 9.33. The summed E-state index contributed by atoms with van der Waals surface area (Å²) in [6, 6.07) is 15.1. The molecule has 13 nitrogen and oxygen atoms in total. The van der Waals surface area contributed by atoms with E-state index in [1.807, 2.05) is 137 Å². The van der Waals surface area contributed by atoms with Crippen molar-refractivity contribution < 1.29 is 33.4 Å². The molecule has 0 aliphatic carbocycles. The summed E-state index contributed by atoms with van der Waals surface area (Å²) in [5.74, 6) is 3.77. The maximum atomic E-state index is 5.96. The van der Waals surface area contributed by atoms with Crippen molar-refractivity contribution in [2.24, 2.45) is 10.3 Å². The van der Waals surface area contributed by atoms with Gasteiger partial charge in [0.1, 0.15) is 93.0 Å². The van der Waals surface area contributed by atoms with Crippen molar-refractivity contribution in [3.05, 3.63) is 112 Å². The van der Waals surface area contributed by atoms with Gasteiger partial charge in [-0.15, -0.1) is 15.3 Å². The molecule has 0 radical (unpaired) electrons. The second-order valence-corrected chi connectivity index (χ2v) is 11.5. The van der Waals surface area contributed by atoms with Gasteiger partial charge in [0.15, 0.2) is 0 Å². The molecule has 4 rings (SSSR count). The monoisotopic (exact) mass is 786 g/mol. The zero-order valence-corrected chi connectivity index (χ0v) is 36.1. The van der Waals surface area contributed by atoms with Crippen LogP contribution < -0.4 is 23.7 Å². The molecular formula is C44H62N6O7. The van der Waals surface area contributed by atoms with Crippen LogP contribution in [-0.2, 0) is 16.3 Å². The topological polar surface area (TPSA) is 141 Å². The summed E-state index contributed by atoms with van der Waals surface area (Å²) in [7, 11) is 2.97. The van der Waals surface area contributed by atoms with Gasteiger partial charge in [-0.25, -0.2) is 0 Å². The van der Waals surface area contributed by atoms with E-state index in [-0.39, 0.29) is 0 Å². The van der Waals surface area contributed by atoms with Gasteiger partial charge in [0.05, 0.1) is 6.21 Å². The minimum Gasteiger partial charge on any atom is -0.490 e. The average molecular weight is 787 g/mol. The lowest BCUT2D eigenvalue weighted by atomic mass is 10.1. The number of aryl methyl sites for hydroxylation is 4. The van der Waals surface area contributed by atoms with E-state index < -0.39 is 0 Å². The SMILES string of the molecule is C/C=C/COc1cc(C)c(OCCOc2ccc(C=NOC)nn2)c(C)c1.C/C=C/COc1cc(C)c(OCc2ccc(C(C)=NOC)nn2)c(C)c1.CC.CC. The third-order valence-corrected chi connectivity index (χ3v) is 7.25. The molecule has 0 aliphatic heterocycles. The zero-order chi connectivity index (χ0) is 42.4. The van der Waals surface area contributed by atoms with Crippen molar-refractivity contribution in [2.75, 3.05) is 40.6 Å². The third kappa shape index (κ3) is 18.5. The maximum Gasteiger partial charge on any atom is 0.233 e. The van der Waals surface area contributed by atoms with E-state index in [0.29, 0.717) is 56.0 Å². The number of hydrogen-bond donors (Lipinski definition) is 0. The molecule has 0 saturated heterocycles. The molecule has 0 amide bonds.